The molecule has 2 N–H and O–H groups in total. The molecule has 15 heavy (non-hydrogen) atoms. The number of hydrogen-bond donors (Lipinski definition) is 1. The number of rotatable bonds is 3. The molecule has 0 unspecified atom stereocenters. The molecule has 0 aliphatic carbocycles. The molecule has 0 aliphatic heterocycles. The number of benzene rings is 1. The second kappa shape index (κ2) is 4.79. The second-order valence-corrected chi connectivity index (χ2v) is 4.81. The Morgan fingerprint density at radius 1 is 1.33 bits per heavy atom. The van der Waals surface area contributed by atoms with E-state index >= 15 is 0 Å². The molecule has 0 aliphatic rings. The van der Waals surface area contributed by atoms with Crippen molar-refractivity contribution in [2.45, 2.75) is 11.4 Å². The maximum Gasteiger partial charge on any atom is 0.123 e. The van der Waals surface area contributed by atoms with Crippen LogP contribution in [0.3, 0.4) is 0 Å². The lowest BCUT2D eigenvalue weighted by Gasteiger charge is -1.98. The monoisotopic (exact) mass is 236 g/mol. The van der Waals surface area contributed by atoms with E-state index in [-0.39, 0.29) is 0 Å². The van der Waals surface area contributed by atoms with Crippen LogP contribution in [-0.2, 0) is 6.54 Å². The minimum absolute atomic E-state index is 0.513. The summed E-state index contributed by atoms with van der Waals surface area (Å²) in [5.41, 5.74) is 7.65. The average molecular weight is 236 g/mol. The van der Waals surface area contributed by atoms with E-state index in [1.54, 1.807) is 23.1 Å². The van der Waals surface area contributed by atoms with E-state index in [9.17, 15) is 0 Å². The lowest BCUT2D eigenvalue weighted by Crippen LogP contribution is -1.95. The van der Waals surface area contributed by atoms with Crippen LogP contribution in [0.25, 0.3) is 10.6 Å². The summed E-state index contributed by atoms with van der Waals surface area (Å²) in [5.74, 6) is 0. The van der Waals surface area contributed by atoms with E-state index in [1.165, 1.54) is 4.90 Å². The molecule has 1 aromatic carbocycles. The summed E-state index contributed by atoms with van der Waals surface area (Å²) in [6, 6.07) is 8.43. The molecule has 2 nitrogen and oxygen atoms in total. The van der Waals surface area contributed by atoms with Gasteiger partial charge in [0.15, 0.2) is 0 Å². The standard InChI is InChI=1S/C11H12N2S2/c1-14-10-4-2-8(3-5-10)11-13-9(6-12)7-15-11/h2-5,7H,6,12H2,1H3. The van der Waals surface area contributed by atoms with Gasteiger partial charge in [-0.15, -0.1) is 23.1 Å². The Labute approximate surface area is 97.5 Å². The predicted octanol–water partition coefficient (Wildman–Crippen LogP) is 2.99. The maximum absolute atomic E-state index is 5.53. The van der Waals surface area contributed by atoms with Gasteiger partial charge in [0.05, 0.1) is 5.69 Å². The molecule has 0 saturated carbocycles. The normalized spacial score (nSPS) is 10.5. The molecule has 2 aromatic rings. The van der Waals surface area contributed by atoms with Gasteiger partial charge in [-0.05, 0) is 18.4 Å². The highest BCUT2D eigenvalue weighted by molar-refractivity contribution is 7.98. The van der Waals surface area contributed by atoms with Crippen LogP contribution in [-0.4, -0.2) is 11.2 Å². The summed E-state index contributed by atoms with van der Waals surface area (Å²) in [6.07, 6.45) is 2.07. The molecule has 0 bridgehead atoms. The van der Waals surface area contributed by atoms with Crippen LogP contribution in [0.2, 0.25) is 0 Å². The van der Waals surface area contributed by atoms with Crippen molar-refractivity contribution in [3.63, 3.8) is 0 Å². The second-order valence-electron chi connectivity index (χ2n) is 3.08. The zero-order valence-corrected chi connectivity index (χ0v) is 10.1. The highest BCUT2D eigenvalue weighted by Crippen LogP contribution is 2.25. The molecule has 78 valence electrons. The van der Waals surface area contributed by atoms with Crippen molar-refractivity contribution >= 4 is 23.1 Å². The predicted molar refractivity (Wildman–Crippen MR) is 67.2 cm³/mol. The van der Waals surface area contributed by atoms with Crippen molar-refractivity contribution < 1.29 is 0 Å². The van der Waals surface area contributed by atoms with Crippen molar-refractivity contribution in [2.24, 2.45) is 5.73 Å². The Morgan fingerprint density at radius 2 is 2.07 bits per heavy atom. The van der Waals surface area contributed by atoms with E-state index in [0.717, 1.165) is 16.3 Å². The van der Waals surface area contributed by atoms with Crippen LogP contribution in [0.15, 0.2) is 34.5 Å². The molecule has 0 radical (unpaired) electrons. The quantitative estimate of drug-likeness (QED) is 0.833. The average Bonchev–Trinajstić information content (AvgIpc) is 2.78. The minimum Gasteiger partial charge on any atom is -0.325 e. The lowest BCUT2D eigenvalue weighted by molar-refractivity contribution is 1.01. The number of thioether (sulfide) groups is 1. The van der Waals surface area contributed by atoms with E-state index in [4.69, 9.17) is 5.73 Å². The first kappa shape index (κ1) is 10.7. The molecule has 0 fully saturated rings. The smallest absolute Gasteiger partial charge is 0.123 e. The fourth-order valence-electron chi connectivity index (χ4n) is 1.27. The molecule has 1 aromatic heterocycles. The Bertz CT molecular complexity index is 434. The first-order valence-electron chi connectivity index (χ1n) is 4.62. The fraction of sp³-hybridized carbons (Fsp3) is 0.182. The molecule has 0 saturated heterocycles. The Kier molecular flexibility index (Phi) is 3.41. The van der Waals surface area contributed by atoms with Gasteiger partial charge in [0, 0.05) is 22.4 Å². The van der Waals surface area contributed by atoms with Crippen LogP contribution in [0.4, 0.5) is 0 Å². The van der Waals surface area contributed by atoms with Gasteiger partial charge < -0.3 is 5.73 Å². The summed E-state index contributed by atoms with van der Waals surface area (Å²) in [7, 11) is 0. The molecule has 0 atom stereocenters. The topological polar surface area (TPSA) is 38.9 Å². The van der Waals surface area contributed by atoms with Crippen molar-refractivity contribution in [3.05, 3.63) is 35.3 Å². The van der Waals surface area contributed by atoms with Crippen molar-refractivity contribution in [1.82, 2.24) is 4.98 Å². The summed E-state index contributed by atoms with van der Waals surface area (Å²) >= 11 is 3.39. The first-order valence-corrected chi connectivity index (χ1v) is 6.73. The summed E-state index contributed by atoms with van der Waals surface area (Å²) in [6.45, 7) is 0.513. The zero-order valence-electron chi connectivity index (χ0n) is 8.43. The number of nitrogens with two attached hydrogens (primary N) is 1. The molecule has 0 amide bonds. The van der Waals surface area contributed by atoms with Crippen molar-refractivity contribution in [2.75, 3.05) is 6.26 Å². The SMILES string of the molecule is CSc1ccc(-c2nc(CN)cs2)cc1. The Hall–Kier alpha value is -0.840. The van der Waals surface area contributed by atoms with Crippen molar-refractivity contribution in [1.29, 1.82) is 0 Å². The van der Waals surface area contributed by atoms with Gasteiger partial charge in [-0.3, -0.25) is 0 Å². The molecular weight excluding hydrogens is 224 g/mol. The summed E-state index contributed by atoms with van der Waals surface area (Å²) in [5, 5.41) is 3.06. The highest BCUT2D eigenvalue weighted by Gasteiger charge is 2.03. The number of nitrogens with zero attached hydrogens (tertiary/aromatic N) is 1. The van der Waals surface area contributed by atoms with E-state index in [2.05, 4.69) is 35.5 Å². The van der Waals surface area contributed by atoms with E-state index < -0.39 is 0 Å². The zero-order chi connectivity index (χ0) is 10.7. The molecule has 2 rings (SSSR count). The molecule has 4 heteroatoms. The van der Waals surface area contributed by atoms with Crippen LogP contribution in [0, 0.1) is 0 Å². The number of thiazole rings is 1. The van der Waals surface area contributed by atoms with Gasteiger partial charge >= 0.3 is 0 Å². The Balaban J connectivity index is 2.28. The minimum atomic E-state index is 0.513. The van der Waals surface area contributed by atoms with E-state index in [0.29, 0.717) is 6.54 Å². The van der Waals surface area contributed by atoms with Gasteiger partial charge in [0.25, 0.3) is 0 Å². The Morgan fingerprint density at radius 3 is 2.60 bits per heavy atom. The number of hydrogen-bond acceptors (Lipinski definition) is 4. The lowest BCUT2D eigenvalue weighted by atomic mass is 10.2. The van der Waals surface area contributed by atoms with Gasteiger partial charge in [-0.2, -0.15) is 0 Å². The van der Waals surface area contributed by atoms with Crippen molar-refractivity contribution in [3.8, 4) is 10.6 Å². The highest BCUT2D eigenvalue weighted by atomic mass is 32.2. The maximum atomic E-state index is 5.53. The van der Waals surface area contributed by atoms with Gasteiger partial charge in [-0.1, -0.05) is 12.1 Å². The summed E-state index contributed by atoms with van der Waals surface area (Å²) < 4.78 is 0. The molecule has 1 heterocycles. The third-order valence-corrected chi connectivity index (χ3v) is 3.78. The van der Waals surface area contributed by atoms with Crippen LogP contribution < -0.4 is 5.73 Å². The van der Waals surface area contributed by atoms with Crippen LogP contribution in [0.1, 0.15) is 5.69 Å². The van der Waals surface area contributed by atoms with Gasteiger partial charge in [-0.25, -0.2) is 4.98 Å². The summed E-state index contributed by atoms with van der Waals surface area (Å²) in [4.78, 5) is 5.71. The third kappa shape index (κ3) is 2.40. The molecular formula is C11H12N2S2. The van der Waals surface area contributed by atoms with Gasteiger partial charge in [0.1, 0.15) is 5.01 Å². The van der Waals surface area contributed by atoms with Crippen LogP contribution >= 0.6 is 23.1 Å². The van der Waals surface area contributed by atoms with Gasteiger partial charge in [0.2, 0.25) is 0 Å². The number of aromatic nitrogens is 1. The van der Waals surface area contributed by atoms with E-state index in [1.807, 2.05) is 5.38 Å². The van der Waals surface area contributed by atoms with Crippen LogP contribution in [0.5, 0.6) is 0 Å². The fourth-order valence-corrected chi connectivity index (χ4v) is 2.51. The largest absolute Gasteiger partial charge is 0.325 e. The molecule has 0 spiro atoms. The first-order chi connectivity index (χ1) is 7.33. The third-order valence-electron chi connectivity index (χ3n) is 2.10.